The van der Waals surface area contributed by atoms with Gasteiger partial charge in [-0.3, -0.25) is 0 Å². The molecule has 2 atom stereocenters. The normalized spacial score (nSPS) is 17.4. The summed E-state index contributed by atoms with van der Waals surface area (Å²) >= 11 is 0. The molecule has 1 saturated carbocycles. The van der Waals surface area contributed by atoms with E-state index >= 15 is 0 Å². The summed E-state index contributed by atoms with van der Waals surface area (Å²) in [5, 5.41) is 14.3. The van der Waals surface area contributed by atoms with Gasteiger partial charge >= 0.3 is 12.0 Å². The van der Waals surface area contributed by atoms with Crippen molar-refractivity contribution in [3.8, 4) is 0 Å². The average molecular weight is 280 g/mol. The zero-order valence-corrected chi connectivity index (χ0v) is 11.9. The molecule has 1 aromatic heterocycles. The monoisotopic (exact) mass is 280 g/mol. The second kappa shape index (κ2) is 5.56. The highest BCUT2D eigenvalue weighted by atomic mass is 16.4. The summed E-state index contributed by atoms with van der Waals surface area (Å²) in [6.07, 6.45) is 1.71. The van der Waals surface area contributed by atoms with Gasteiger partial charge in [-0.1, -0.05) is 0 Å². The maximum absolute atomic E-state index is 11.9. The molecular formula is C14H20N2O4. The lowest BCUT2D eigenvalue weighted by molar-refractivity contribution is -0.139. The van der Waals surface area contributed by atoms with Gasteiger partial charge in [-0.15, -0.1) is 0 Å². The number of rotatable bonds is 5. The van der Waals surface area contributed by atoms with Crippen LogP contribution in [0.3, 0.4) is 0 Å². The van der Waals surface area contributed by atoms with E-state index in [4.69, 9.17) is 9.52 Å². The molecule has 0 radical (unpaired) electrons. The molecule has 110 valence electrons. The minimum Gasteiger partial charge on any atom is -0.480 e. The minimum atomic E-state index is -0.981. The molecule has 6 nitrogen and oxygen atoms in total. The van der Waals surface area contributed by atoms with Gasteiger partial charge in [0, 0.05) is 5.56 Å². The molecule has 1 heterocycles. The topological polar surface area (TPSA) is 91.6 Å². The fourth-order valence-corrected chi connectivity index (χ4v) is 2.35. The van der Waals surface area contributed by atoms with Crippen molar-refractivity contribution in [1.82, 2.24) is 10.6 Å². The van der Waals surface area contributed by atoms with Gasteiger partial charge in [-0.2, -0.15) is 0 Å². The molecule has 1 aliphatic carbocycles. The Labute approximate surface area is 117 Å². The van der Waals surface area contributed by atoms with Crippen LogP contribution in [-0.4, -0.2) is 23.1 Å². The predicted molar refractivity (Wildman–Crippen MR) is 72.4 cm³/mol. The number of amides is 2. The molecule has 0 aliphatic heterocycles. The number of carboxylic acid groups (broad SMARTS) is 1. The third kappa shape index (κ3) is 3.31. The lowest BCUT2D eigenvalue weighted by atomic mass is 10.1. The number of carbonyl (C=O) groups is 2. The van der Waals surface area contributed by atoms with Crippen LogP contribution in [0.1, 0.15) is 42.9 Å². The van der Waals surface area contributed by atoms with Crippen molar-refractivity contribution in [3.63, 3.8) is 0 Å². The third-order valence-corrected chi connectivity index (χ3v) is 3.54. The number of hydrogen-bond donors (Lipinski definition) is 3. The van der Waals surface area contributed by atoms with Crippen LogP contribution in [-0.2, 0) is 4.79 Å². The van der Waals surface area contributed by atoms with Crippen molar-refractivity contribution < 1.29 is 19.1 Å². The van der Waals surface area contributed by atoms with E-state index in [0.717, 1.165) is 29.9 Å². The van der Waals surface area contributed by atoms with Crippen LogP contribution >= 0.6 is 0 Å². The molecule has 1 aliphatic rings. The summed E-state index contributed by atoms with van der Waals surface area (Å²) in [7, 11) is 0. The third-order valence-electron chi connectivity index (χ3n) is 3.54. The van der Waals surface area contributed by atoms with Crippen LogP contribution in [0, 0.1) is 19.8 Å². The summed E-state index contributed by atoms with van der Waals surface area (Å²) in [6.45, 7) is 5.52. The smallest absolute Gasteiger partial charge is 0.326 e. The molecule has 6 heteroatoms. The van der Waals surface area contributed by atoms with Gasteiger partial charge in [-0.05, 0) is 45.6 Å². The molecule has 0 spiro atoms. The Morgan fingerprint density at radius 1 is 1.35 bits per heavy atom. The summed E-state index contributed by atoms with van der Waals surface area (Å²) < 4.78 is 5.42. The molecule has 1 aromatic rings. The van der Waals surface area contributed by atoms with Crippen LogP contribution in [0.15, 0.2) is 10.5 Å². The van der Waals surface area contributed by atoms with E-state index in [1.807, 2.05) is 26.8 Å². The lowest BCUT2D eigenvalue weighted by Crippen LogP contribution is -2.47. The Morgan fingerprint density at radius 3 is 2.45 bits per heavy atom. The van der Waals surface area contributed by atoms with Crippen molar-refractivity contribution in [1.29, 1.82) is 0 Å². The highest BCUT2D eigenvalue weighted by Gasteiger charge is 2.37. The molecule has 0 saturated heterocycles. The average Bonchev–Trinajstić information content (AvgIpc) is 3.11. The van der Waals surface area contributed by atoms with Gasteiger partial charge < -0.3 is 20.2 Å². The Bertz CT molecular complexity index is 519. The number of aryl methyl sites for hydroxylation is 2. The second-order valence-electron chi connectivity index (χ2n) is 5.36. The first-order chi connectivity index (χ1) is 9.38. The first kappa shape index (κ1) is 14.4. The number of aliphatic carboxylic acids is 1. The maximum Gasteiger partial charge on any atom is 0.326 e. The number of furan rings is 1. The van der Waals surface area contributed by atoms with E-state index in [-0.39, 0.29) is 12.0 Å². The highest BCUT2D eigenvalue weighted by molar-refractivity contribution is 5.83. The number of nitrogens with one attached hydrogen (secondary N) is 2. The molecular weight excluding hydrogens is 260 g/mol. The Kier molecular flexibility index (Phi) is 4.01. The van der Waals surface area contributed by atoms with Crippen LogP contribution in [0.25, 0.3) is 0 Å². The molecule has 3 N–H and O–H groups in total. The van der Waals surface area contributed by atoms with E-state index in [2.05, 4.69) is 10.6 Å². The SMILES string of the molecule is Cc1cc(C(C)NC(=O)NC(C(=O)O)C2CC2)c(C)o1. The number of carbonyl (C=O) groups excluding carboxylic acids is 1. The fraction of sp³-hybridized carbons (Fsp3) is 0.571. The van der Waals surface area contributed by atoms with Gasteiger partial charge in [-0.25, -0.2) is 9.59 Å². The molecule has 1 fully saturated rings. The Hall–Kier alpha value is -1.98. The summed E-state index contributed by atoms with van der Waals surface area (Å²) in [6, 6.07) is 0.376. The summed E-state index contributed by atoms with van der Waals surface area (Å²) in [5.74, 6) is 0.623. The van der Waals surface area contributed by atoms with Gasteiger partial charge in [0.25, 0.3) is 0 Å². The van der Waals surface area contributed by atoms with E-state index in [0.29, 0.717) is 0 Å². The number of carboxylic acids is 1. The van der Waals surface area contributed by atoms with E-state index < -0.39 is 18.0 Å². The Balaban J connectivity index is 1.93. The zero-order chi connectivity index (χ0) is 14.9. The van der Waals surface area contributed by atoms with Crippen LogP contribution < -0.4 is 10.6 Å². The minimum absolute atomic E-state index is 0.0615. The fourth-order valence-electron chi connectivity index (χ4n) is 2.35. The number of hydrogen-bond acceptors (Lipinski definition) is 3. The quantitative estimate of drug-likeness (QED) is 0.770. The largest absolute Gasteiger partial charge is 0.480 e. The van der Waals surface area contributed by atoms with E-state index in [1.54, 1.807) is 0 Å². The van der Waals surface area contributed by atoms with Gasteiger partial charge in [0.2, 0.25) is 0 Å². The van der Waals surface area contributed by atoms with Gasteiger partial charge in [0.05, 0.1) is 6.04 Å². The molecule has 0 aromatic carbocycles. The summed E-state index contributed by atoms with van der Waals surface area (Å²) in [5.41, 5.74) is 0.899. The zero-order valence-electron chi connectivity index (χ0n) is 11.9. The summed E-state index contributed by atoms with van der Waals surface area (Å²) in [4.78, 5) is 22.9. The van der Waals surface area contributed by atoms with Crippen molar-refractivity contribution in [2.24, 2.45) is 5.92 Å². The van der Waals surface area contributed by atoms with Crippen molar-refractivity contribution >= 4 is 12.0 Å². The molecule has 2 amide bonds. The van der Waals surface area contributed by atoms with E-state index in [1.165, 1.54) is 0 Å². The standard InChI is InChI=1S/C14H20N2O4/c1-7-6-11(9(3)20-7)8(2)15-14(19)16-12(13(17)18)10-4-5-10/h6,8,10,12H,4-5H2,1-3H3,(H,17,18)(H2,15,16,19). The first-order valence-electron chi connectivity index (χ1n) is 6.75. The van der Waals surface area contributed by atoms with E-state index in [9.17, 15) is 9.59 Å². The predicted octanol–water partition coefficient (Wildman–Crippen LogP) is 2.12. The van der Waals surface area contributed by atoms with Crippen molar-refractivity contribution in [2.45, 2.75) is 45.7 Å². The first-order valence-corrected chi connectivity index (χ1v) is 6.75. The van der Waals surface area contributed by atoms with Crippen molar-refractivity contribution in [3.05, 3.63) is 23.2 Å². The van der Waals surface area contributed by atoms with Crippen LogP contribution in [0.5, 0.6) is 0 Å². The number of urea groups is 1. The molecule has 2 rings (SSSR count). The van der Waals surface area contributed by atoms with Crippen LogP contribution in [0.2, 0.25) is 0 Å². The lowest BCUT2D eigenvalue weighted by Gasteiger charge is -2.17. The molecule has 0 bridgehead atoms. The molecule has 20 heavy (non-hydrogen) atoms. The van der Waals surface area contributed by atoms with Gasteiger partial charge in [0.1, 0.15) is 17.6 Å². The van der Waals surface area contributed by atoms with Crippen LogP contribution in [0.4, 0.5) is 4.79 Å². The van der Waals surface area contributed by atoms with Crippen molar-refractivity contribution in [2.75, 3.05) is 0 Å². The highest BCUT2D eigenvalue weighted by Crippen LogP contribution is 2.32. The second-order valence-corrected chi connectivity index (χ2v) is 5.36. The van der Waals surface area contributed by atoms with Gasteiger partial charge in [0.15, 0.2) is 0 Å². The Morgan fingerprint density at radius 2 is 2.00 bits per heavy atom. The molecule has 2 unspecified atom stereocenters. The maximum atomic E-state index is 11.9.